The molecule has 0 saturated heterocycles. The smallest absolute Gasteiger partial charge is 0.341 e. The lowest BCUT2D eigenvalue weighted by Crippen LogP contribution is -2.35. The third-order valence-corrected chi connectivity index (χ3v) is 6.17. The van der Waals surface area contributed by atoms with Gasteiger partial charge in [0.25, 0.3) is 5.91 Å². The zero-order valence-corrected chi connectivity index (χ0v) is 17.2. The van der Waals surface area contributed by atoms with Crippen molar-refractivity contribution in [1.29, 1.82) is 0 Å². The number of esters is 1. The van der Waals surface area contributed by atoms with E-state index in [1.165, 1.54) is 17.3 Å². The van der Waals surface area contributed by atoms with Gasteiger partial charge in [-0.25, -0.2) is 9.78 Å². The Labute approximate surface area is 179 Å². The highest BCUT2D eigenvalue weighted by Crippen LogP contribution is 2.47. The average Bonchev–Trinajstić information content (AvgIpc) is 3.59. The fourth-order valence-electron chi connectivity index (χ4n) is 3.27. The van der Waals surface area contributed by atoms with Gasteiger partial charge in [-0.05, 0) is 42.7 Å². The van der Waals surface area contributed by atoms with E-state index >= 15 is 0 Å². The van der Waals surface area contributed by atoms with E-state index in [0.29, 0.717) is 17.1 Å². The van der Waals surface area contributed by atoms with E-state index in [2.05, 4.69) is 22.4 Å². The molecule has 152 valence electrons. The first-order valence-corrected chi connectivity index (χ1v) is 10.7. The zero-order chi connectivity index (χ0) is 20.8. The Bertz CT molecular complexity index is 1020. The van der Waals surface area contributed by atoms with Gasteiger partial charge < -0.3 is 10.1 Å². The molecular weight excluding hydrogens is 396 g/mol. The Hall–Kier alpha value is -3.12. The number of benzene rings is 2. The molecule has 0 radical (unpaired) electrons. The quantitative estimate of drug-likeness (QED) is 0.554. The molecule has 0 unspecified atom stereocenters. The molecule has 0 aliphatic heterocycles. The number of nitrogens with one attached hydrogen (secondary N) is 1. The molecule has 1 aliphatic rings. The maximum atomic E-state index is 12.5. The van der Waals surface area contributed by atoms with Gasteiger partial charge in [-0.3, -0.25) is 4.79 Å². The van der Waals surface area contributed by atoms with Crippen LogP contribution >= 0.6 is 11.8 Å². The molecule has 0 bridgehead atoms. The van der Waals surface area contributed by atoms with Crippen molar-refractivity contribution < 1.29 is 14.3 Å². The lowest BCUT2D eigenvalue weighted by molar-refractivity contribution is -0.124. The normalized spacial score (nSPS) is 14.0. The van der Waals surface area contributed by atoms with E-state index < -0.39 is 5.97 Å². The number of pyridine rings is 1. The monoisotopic (exact) mass is 418 g/mol. The first kappa shape index (κ1) is 20.2. The summed E-state index contributed by atoms with van der Waals surface area (Å²) in [5.74, 6) is -0.854. The van der Waals surface area contributed by atoms with Gasteiger partial charge in [0, 0.05) is 23.1 Å². The van der Waals surface area contributed by atoms with Crippen LogP contribution in [-0.2, 0) is 14.9 Å². The molecule has 1 fully saturated rings. The van der Waals surface area contributed by atoms with Gasteiger partial charge in [0.15, 0.2) is 6.61 Å². The molecule has 30 heavy (non-hydrogen) atoms. The van der Waals surface area contributed by atoms with Gasteiger partial charge in [0.2, 0.25) is 0 Å². The summed E-state index contributed by atoms with van der Waals surface area (Å²) in [6, 6.07) is 23.2. The van der Waals surface area contributed by atoms with Crippen LogP contribution < -0.4 is 5.32 Å². The molecule has 4 rings (SSSR count). The largest absolute Gasteiger partial charge is 0.452 e. The number of ether oxygens (including phenoxy) is 1. The molecule has 5 nitrogen and oxygen atoms in total. The molecule has 1 aliphatic carbocycles. The van der Waals surface area contributed by atoms with Gasteiger partial charge in [0.05, 0.1) is 5.56 Å². The fourth-order valence-corrected chi connectivity index (χ4v) is 4.16. The third-order valence-electron chi connectivity index (χ3n) is 5.15. The van der Waals surface area contributed by atoms with Crippen LogP contribution in [-0.4, -0.2) is 30.0 Å². The number of hydrogen-bond donors (Lipinski definition) is 1. The van der Waals surface area contributed by atoms with Crippen LogP contribution in [0.5, 0.6) is 0 Å². The van der Waals surface area contributed by atoms with Gasteiger partial charge in [0.1, 0.15) is 5.03 Å². The van der Waals surface area contributed by atoms with Crippen LogP contribution in [0.1, 0.15) is 28.8 Å². The van der Waals surface area contributed by atoms with Gasteiger partial charge >= 0.3 is 5.97 Å². The maximum Gasteiger partial charge on any atom is 0.341 e. The maximum absolute atomic E-state index is 12.5. The van der Waals surface area contributed by atoms with Crippen molar-refractivity contribution in [2.45, 2.75) is 28.2 Å². The van der Waals surface area contributed by atoms with Crippen molar-refractivity contribution in [3.63, 3.8) is 0 Å². The number of carbonyl (C=O) groups excluding carboxylic acids is 2. The summed E-state index contributed by atoms with van der Waals surface area (Å²) in [5, 5.41) is 3.46. The number of hydrogen-bond acceptors (Lipinski definition) is 5. The van der Waals surface area contributed by atoms with Crippen molar-refractivity contribution in [3.8, 4) is 0 Å². The summed E-state index contributed by atoms with van der Waals surface area (Å²) in [5.41, 5.74) is 1.60. The zero-order valence-electron chi connectivity index (χ0n) is 16.4. The summed E-state index contributed by atoms with van der Waals surface area (Å²) in [7, 11) is 0. The van der Waals surface area contributed by atoms with E-state index in [0.717, 1.165) is 17.7 Å². The van der Waals surface area contributed by atoms with Crippen LogP contribution in [0.15, 0.2) is 88.9 Å². The minimum Gasteiger partial charge on any atom is -0.452 e. The molecule has 3 aromatic rings. The topological polar surface area (TPSA) is 68.3 Å². The number of aromatic nitrogens is 1. The fraction of sp³-hybridized carbons (Fsp3) is 0.208. The van der Waals surface area contributed by atoms with Crippen molar-refractivity contribution >= 4 is 23.6 Å². The second-order valence-corrected chi connectivity index (χ2v) is 8.33. The predicted molar refractivity (Wildman–Crippen MR) is 115 cm³/mol. The number of carbonyl (C=O) groups is 2. The second-order valence-electron chi connectivity index (χ2n) is 7.27. The SMILES string of the molecule is O=C(COC(=O)c1cccnc1Sc1ccccc1)NCC1(c2ccccc2)CC1. The average molecular weight is 419 g/mol. The molecule has 2 aromatic carbocycles. The van der Waals surface area contributed by atoms with Crippen molar-refractivity contribution in [2.75, 3.05) is 13.2 Å². The highest BCUT2D eigenvalue weighted by atomic mass is 32.2. The third kappa shape index (κ3) is 4.89. The second kappa shape index (κ2) is 9.13. The highest BCUT2D eigenvalue weighted by Gasteiger charge is 2.44. The first-order chi connectivity index (χ1) is 14.7. The van der Waals surface area contributed by atoms with E-state index in [1.54, 1.807) is 18.3 Å². The van der Waals surface area contributed by atoms with Crippen molar-refractivity contribution in [2.24, 2.45) is 0 Å². The molecular formula is C24H22N2O3S. The Morgan fingerprint density at radius 2 is 1.67 bits per heavy atom. The molecule has 1 heterocycles. The lowest BCUT2D eigenvalue weighted by atomic mass is 9.96. The Morgan fingerprint density at radius 1 is 0.967 bits per heavy atom. The molecule has 0 spiro atoms. The van der Waals surface area contributed by atoms with Crippen molar-refractivity contribution in [3.05, 3.63) is 90.1 Å². The molecule has 6 heteroatoms. The molecule has 1 aromatic heterocycles. The summed E-state index contributed by atoms with van der Waals surface area (Å²) in [6.45, 7) is 0.240. The number of rotatable bonds is 8. The van der Waals surface area contributed by atoms with E-state index in [-0.39, 0.29) is 17.9 Å². The summed E-state index contributed by atoms with van der Waals surface area (Å²) >= 11 is 1.38. The standard InChI is InChI=1S/C24H22N2O3S/c27-21(26-17-24(13-14-24)18-8-3-1-4-9-18)16-29-23(28)20-12-7-15-25-22(20)30-19-10-5-2-6-11-19/h1-12,15H,13-14,16-17H2,(H,26,27). The van der Waals surface area contributed by atoms with Crippen LogP contribution in [0.4, 0.5) is 0 Å². The lowest BCUT2D eigenvalue weighted by Gasteiger charge is -2.16. The predicted octanol–water partition coefficient (Wildman–Crippen LogP) is 4.24. The van der Waals surface area contributed by atoms with Crippen LogP contribution in [0.25, 0.3) is 0 Å². The molecule has 0 atom stereocenters. The number of nitrogens with zero attached hydrogens (tertiary/aromatic N) is 1. The minimum atomic E-state index is -0.555. The highest BCUT2D eigenvalue weighted by molar-refractivity contribution is 7.99. The van der Waals surface area contributed by atoms with Crippen LogP contribution in [0.2, 0.25) is 0 Å². The van der Waals surface area contributed by atoms with E-state index in [9.17, 15) is 9.59 Å². The summed E-state index contributed by atoms with van der Waals surface area (Å²) in [6.07, 6.45) is 3.73. The van der Waals surface area contributed by atoms with Gasteiger partial charge in [-0.2, -0.15) is 0 Å². The van der Waals surface area contributed by atoms with E-state index in [1.807, 2.05) is 48.5 Å². The Balaban J connectivity index is 1.31. The Kier molecular flexibility index (Phi) is 6.14. The van der Waals surface area contributed by atoms with Gasteiger partial charge in [-0.1, -0.05) is 60.3 Å². The first-order valence-electron chi connectivity index (χ1n) is 9.84. The summed E-state index contributed by atoms with van der Waals surface area (Å²) in [4.78, 5) is 30.1. The minimum absolute atomic E-state index is 0.0176. The van der Waals surface area contributed by atoms with E-state index in [4.69, 9.17) is 4.74 Å². The van der Waals surface area contributed by atoms with Gasteiger partial charge in [-0.15, -0.1) is 0 Å². The van der Waals surface area contributed by atoms with Crippen LogP contribution in [0.3, 0.4) is 0 Å². The van der Waals surface area contributed by atoms with Crippen LogP contribution in [0, 0.1) is 0 Å². The van der Waals surface area contributed by atoms with Crippen molar-refractivity contribution in [1.82, 2.24) is 10.3 Å². The number of amides is 1. The molecule has 1 amide bonds. The molecule has 1 saturated carbocycles. The Morgan fingerprint density at radius 3 is 2.37 bits per heavy atom. The molecule has 1 N–H and O–H groups in total. The summed E-state index contributed by atoms with van der Waals surface area (Å²) < 4.78 is 5.26.